The van der Waals surface area contributed by atoms with Crippen molar-refractivity contribution in [2.24, 2.45) is 7.05 Å². The lowest BCUT2D eigenvalue weighted by Crippen LogP contribution is -1.99. The van der Waals surface area contributed by atoms with Gasteiger partial charge in [0.05, 0.1) is 29.2 Å². The van der Waals surface area contributed by atoms with Gasteiger partial charge in [-0.25, -0.2) is 0 Å². The Morgan fingerprint density at radius 1 is 1.21 bits per heavy atom. The zero-order valence-corrected chi connectivity index (χ0v) is 13.9. The second-order valence-corrected chi connectivity index (χ2v) is 5.71. The molecule has 0 bridgehead atoms. The summed E-state index contributed by atoms with van der Waals surface area (Å²) >= 11 is 0. The molecule has 0 radical (unpaired) electrons. The topological polar surface area (TPSA) is 71.5 Å². The van der Waals surface area contributed by atoms with Crippen molar-refractivity contribution in [3.63, 3.8) is 0 Å². The van der Waals surface area contributed by atoms with E-state index in [0.29, 0.717) is 12.1 Å². The average Bonchev–Trinajstić information content (AvgIpc) is 3.20. The van der Waals surface area contributed by atoms with Crippen molar-refractivity contribution in [2.75, 3.05) is 5.32 Å². The molecule has 0 aliphatic heterocycles. The van der Waals surface area contributed by atoms with Crippen LogP contribution in [0.1, 0.15) is 24.5 Å². The maximum atomic E-state index is 8.92. The van der Waals surface area contributed by atoms with Crippen LogP contribution < -0.4 is 5.32 Å². The van der Waals surface area contributed by atoms with Crippen molar-refractivity contribution in [1.29, 1.82) is 5.26 Å². The van der Waals surface area contributed by atoms with Crippen molar-refractivity contribution in [2.45, 2.75) is 26.4 Å². The molecule has 0 spiro atoms. The predicted molar refractivity (Wildman–Crippen MR) is 93.2 cm³/mol. The quantitative estimate of drug-likeness (QED) is 0.757. The minimum Gasteiger partial charge on any atom is -0.378 e. The molecule has 6 nitrogen and oxygen atoms in total. The number of aryl methyl sites for hydroxylation is 2. The Morgan fingerprint density at radius 2 is 2.00 bits per heavy atom. The minimum atomic E-state index is 0.651. The fraction of sp³-hybridized carbons (Fsp3) is 0.278. The molecule has 0 atom stereocenters. The second kappa shape index (κ2) is 7.01. The lowest BCUT2D eigenvalue weighted by atomic mass is 10.1. The second-order valence-electron chi connectivity index (χ2n) is 5.71. The molecular weight excluding hydrogens is 300 g/mol. The fourth-order valence-corrected chi connectivity index (χ4v) is 2.62. The third kappa shape index (κ3) is 3.46. The van der Waals surface area contributed by atoms with Gasteiger partial charge in [0.2, 0.25) is 0 Å². The van der Waals surface area contributed by atoms with Crippen molar-refractivity contribution >= 4 is 5.69 Å². The average molecular weight is 320 g/mol. The van der Waals surface area contributed by atoms with Gasteiger partial charge in [0.25, 0.3) is 0 Å². The summed E-state index contributed by atoms with van der Waals surface area (Å²) in [7, 11) is 1.91. The summed E-state index contributed by atoms with van der Waals surface area (Å²) in [5.74, 6) is 0. The van der Waals surface area contributed by atoms with Crippen molar-refractivity contribution in [3.8, 4) is 17.3 Å². The highest BCUT2D eigenvalue weighted by Gasteiger charge is 2.10. The maximum Gasteiger partial charge on any atom is 0.0991 e. The van der Waals surface area contributed by atoms with Gasteiger partial charge in [-0.05, 0) is 18.6 Å². The molecule has 2 heterocycles. The Kier molecular flexibility index (Phi) is 4.62. The van der Waals surface area contributed by atoms with Gasteiger partial charge in [0.1, 0.15) is 0 Å². The largest absolute Gasteiger partial charge is 0.378 e. The molecule has 0 aliphatic rings. The lowest BCUT2D eigenvalue weighted by molar-refractivity contribution is 0.603. The van der Waals surface area contributed by atoms with Gasteiger partial charge in [-0.1, -0.05) is 19.1 Å². The van der Waals surface area contributed by atoms with E-state index in [4.69, 9.17) is 5.26 Å². The van der Waals surface area contributed by atoms with Crippen molar-refractivity contribution in [1.82, 2.24) is 19.6 Å². The first kappa shape index (κ1) is 15.8. The van der Waals surface area contributed by atoms with E-state index in [9.17, 15) is 0 Å². The molecule has 0 aliphatic carbocycles. The Hall–Kier alpha value is -3.07. The number of nitrogens with zero attached hydrogens (tertiary/aromatic N) is 5. The highest BCUT2D eigenvalue weighted by atomic mass is 15.3. The molecule has 122 valence electrons. The van der Waals surface area contributed by atoms with Crippen LogP contribution in [0.2, 0.25) is 0 Å². The van der Waals surface area contributed by atoms with E-state index in [1.54, 1.807) is 0 Å². The summed E-state index contributed by atoms with van der Waals surface area (Å²) in [4.78, 5) is 0. The molecular formula is C18H20N6. The number of nitrogens with one attached hydrogen (secondary N) is 1. The van der Waals surface area contributed by atoms with Crippen LogP contribution in [0.3, 0.4) is 0 Å². The third-order valence-electron chi connectivity index (χ3n) is 3.76. The van der Waals surface area contributed by atoms with E-state index < -0.39 is 0 Å². The van der Waals surface area contributed by atoms with Gasteiger partial charge < -0.3 is 5.32 Å². The SMILES string of the molecule is CCCn1cc(NCc2cn(C)nc2-c2ccc(C#N)cc2)cn1. The van der Waals surface area contributed by atoms with Crippen LogP contribution in [0.25, 0.3) is 11.3 Å². The number of benzene rings is 1. The molecule has 1 aromatic carbocycles. The van der Waals surface area contributed by atoms with E-state index in [1.807, 2.05) is 59.3 Å². The summed E-state index contributed by atoms with van der Waals surface area (Å²) in [6, 6.07) is 9.64. The summed E-state index contributed by atoms with van der Waals surface area (Å²) in [6.45, 7) is 3.72. The molecule has 0 fully saturated rings. The van der Waals surface area contributed by atoms with Crippen LogP contribution in [-0.4, -0.2) is 19.6 Å². The van der Waals surface area contributed by atoms with Gasteiger partial charge in [-0.3, -0.25) is 9.36 Å². The molecule has 0 amide bonds. The molecule has 24 heavy (non-hydrogen) atoms. The molecule has 0 saturated carbocycles. The molecule has 6 heteroatoms. The first-order chi connectivity index (χ1) is 11.7. The first-order valence-electron chi connectivity index (χ1n) is 7.99. The number of hydrogen-bond donors (Lipinski definition) is 1. The van der Waals surface area contributed by atoms with Crippen LogP contribution >= 0.6 is 0 Å². The van der Waals surface area contributed by atoms with Gasteiger partial charge in [-0.2, -0.15) is 15.5 Å². The molecule has 3 rings (SSSR count). The minimum absolute atomic E-state index is 0.651. The van der Waals surface area contributed by atoms with Gasteiger partial charge in [-0.15, -0.1) is 0 Å². The Labute approximate surface area is 141 Å². The fourth-order valence-electron chi connectivity index (χ4n) is 2.62. The summed E-state index contributed by atoms with van der Waals surface area (Å²) < 4.78 is 3.75. The van der Waals surface area contributed by atoms with E-state index in [2.05, 4.69) is 28.5 Å². The van der Waals surface area contributed by atoms with E-state index in [-0.39, 0.29) is 0 Å². The molecule has 3 aromatic rings. The van der Waals surface area contributed by atoms with Gasteiger partial charge in [0.15, 0.2) is 0 Å². The Morgan fingerprint density at radius 3 is 2.71 bits per heavy atom. The number of nitriles is 1. The molecule has 1 N–H and O–H groups in total. The standard InChI is InChI=1S/C18H20N6/c1-3-8-24-13-17(11-21-24)20-10-16-12-23(2)22-18(16)15-6-4-14(9-19)5-7-15/h4-7,11-13,20H,3,8,10H2,1-2H3. The zero-order valence-electron chi connectivity index (χ0n) is 13.9. The van der Waals surface area contributed by atoms with Crippen molar-refractivity contribution in [3.05, 3.63) is 54.0 Å². The smallest absolute Gasteiger partial charge is 0.0991 e. The van der Waals surface area contributed by atoms with Gasteiger partial charge in [0, 0.05) is 43.7 Å². The van der Waals surface area contributed by atoms with Crippen LogP contribution in [0.15, 0.2) is 42.9 Å². The van der Waals surface area contributed by atoms with E-state index in [1.165, 1.54) is 0 Å². The van der Waals surface area contributed by atoms with Crippen LogP contribution in [0.5, 0.6) is 0 Å². The normalized spacial score (nSPS) is 10.5. The monoisotopic (exact) mass is 320 g/mol. The maximum absolute atomic E-state index is 8.92. The van der Waals surface area contributed by atoms with Gasteiger partial charge >= 0.3 is 0 Å². The van der Waals surface area contributed by atoms with Crippen LogP contribution in [0, 0.1) is 11.3 Å². The summed E-state index contributed by atoms with van der Waals surface area (Å²) in [5, 5.41) is 21.2. The zero-order chi connectivity index (χ0) is 16.9. The lowest BCUT2D eigenvalue weighted by Gasteiger charge is -2.04. The molecule has 0 saturated heterocycles. The van der Waals surface area contributed by atoms with E-state index in [0.717, 1.165) is 35.5 Å². The number of rotatable bonds is 6. The number of anilines is 1. The highest BCUT2D eigenvalue weighted by molar-refractivity contribution is 5.64. The molecule has 2 aromatic heterocycles. The van der Waals surface area contributed by atoms with E-state index >= 15 is 0 Å². The first-order valence-corrected chi connectivity index (χ1v) is 7.99. The molecule has 0 unspecified atom stereocenters. The highest BCUT2D eigenvalue weighted by Crippen LogP contribution is 2.23. The number of aromatic nitrogens is 4. The third-order valence-corrected chi connectivity index (χ3v) is 3.76. The Bertz CT molecular complexity index is 851. The van der Waals surface area contributed by atoms with Crippen molar-refractivity contribution < 1.29 is 0 Å². The summed E-state index contributed by atoms with van der Waals surface area (Å²) in [6.07, 6.45) is 6.93. The van der Waals surface area contributed by atoms with Crippen LogP contribution in [-0.2, 0) is 20.1 Å². The number of hydrogen-bond acceptors (Lipinski definition) is 4. The Balaban J connectivity index is 1.77. The summed E-state index contributed by atoms with van der Waals surface area (Å²) in [5.41, 5.74) is 4.68. The predicted octanol–water partition coefficient (Wildman–Crippen LogP) is 3.18. The van der Waals surface area contributed by atoms with Crippen LogP contribution in [0.4, 0.5) is 5.69 Å².